The Balaban J connectivity index is 1.55. The number of hydrogen-bond acceptors (Lipinski definition) is 3. The summed E-state index contributed by atoms with van der Waals surface area (Å²) in [6, 6.07) is 12.1. The molecule has 0 aliphatic carbocycles. The predicted octanol–water partition coefficient (Wildman–Crippen LogP) is 2.75. The summed E-state index contributed by atoms with van der Waals surface area (Å²) < 4.78 is 10.8. The SMILES string of the molecule is O=C(c1ccoc1)N1CCO[C@H](CCc2ccccc2)C1. The van der Waals surface area contributed by atoms with Crippen molar-refractivity contribution in [3.63, 3.8) is 0 Å². The van der Waals surface area contributed by atoms with Gasteiger partial charge in [-0.15, -0.1) is 0 Å². The lowest BCUT2D eigenvalue weighted by Crippen LogP contribution is -2.45. The maximum Gasteiger partial charge on any atom is 0.257 e. The highest BCUT2D eigenvalue weighted by Gasteiger charge is 2.25. The van der Waals surface area contributed by atoms with Crippen molar-refractivity contribution in [1.29, 1.82) is 0 Å². The quantitative estimate of drug-likeness (QED) is 0.867. The summed E-state index contributed by atoms with van der Waals surface area (Å²) in [6.45, 7) is 1.89. The van der Waals surface area contributed by atoms with Crippen LogP contribution in [-0.4, -0.2) is 36.6 Å². The number of benzene rings is 1. The van der Waals surface area contributed by atoms with E-state index in [4.69, 9.17) is 9.15 Å². The Bertz CT molecular complexity index is 565. The summed E-state index contributed by atoms with van der Waals surface area (Å²) in [4.78, 5) is 14.1. The monoisotopic (exact) mass is 285 g/mol. The van der Waals surface area contributed by atoms with E-state index in [1.807, 2.05) is 23.1 Å². The molecule has 3 rings (SSSR count). The van der Waals surface area contributed by atoms with Crippen LogP contribution < -0.4 is 0 Å². The summed E-state index contributed by atoms with van der Waals surface area (Å²) >= 11 is 0. The van der Waals surface area contributed by atoms with E-state index in [9.17, 15) is 4.79 Å². The zero-order valence-electron chi connectivity index (χ0n) is 11.9. The molecule has 0 bridgehead atoms. The van der Waals surface area contributed by atoms with Gasteiger partial charge in [-0.05, 0) is 24.5 Å². The normalized spacial score (nSPS) is 18.7. The summed E-state index contributed by atoms with van der Waals surface area (Å²) in [5.74, 6) is 0.0248. The van der Waals surface area contributed by atoms with Gasteiger partial charge in [0, 0.05) is 13.1 Å². The number of hydrogen-bond donors (Lipinski definition) is 0. The molecule has 4 nitrogen and oxygen atoms in total. The fraction of sp³-hybridized carbons (Fsp3) is 0.353. The van der Waals surface area contributed by atoms with Gasteiger partial charge in [-0.1, -0.05) is 30.3 Å². The van der Waals surface area contributed by atoms with Gasteiger partial charge in [0.15, 0.2) is 0 Å². The number of furan rings is 1. The second kappa shape index (κ2) is 6.59. The first kappa shape index (κ1) is 13.9. The van der Waals surface area contributed by atoms with Crippen molar-refractivity contribution in [2.24, 2.45) is 0 Å². The molecule has 0 saturated carbocycles. The zero-order chi connectivity index (χ0) is 14.5. The predicted molar refractivity (Wildman–Crippen MR) is 79.1 cm³/mol. The molecule has 1 amide bonds. The van der Waals surface area contributed by atoms with Crippen molar-refractivity contribution in [1.82, 2.24) is 4.90 Å². The van der Waals surface area contributed by atoms with Gasteiger partial charge in [-0.2, -0.15) is 0 Å². The van der Waals surface area contributed by atoms with Crippen LogP contribution in [0, 0.1) is 0 Å². The van der Waals surface area contributed by atoms with Crippen LogP contribution in [0.15, 0.2) is 53.3 Å². The van der Waals surface area contributed by atoms with Crippen molar-refractivity contribution < 1.29 is 13.9 Å². The number of nitrogens with zero attached hydrogens (tertiary/aromatic N) is 1. The third-order valence-electron chi connectivity index (χ3n) is 3.79. The van der Waals surface area contributed by atoms with Crippen molar-refractivity contribution in [2.45, 2.75) is 18.9 Å². The fourth-order valence-corrected chi connectivity index (χ4v) is 2.62. The topological polar surface area (TPSA) is 42.7 Å². The summed E-state index contributed by atoms with van der Waals surface area (Å²) in [5.41, 5.74) is 1.91. The molecule has 0 N–H and O–H groups in total. The molecule has 2 heterocycles. The van der Waals surface area contributed by atoms with E-state index in [-0.39, 0.29) is 12.0 Å². The maximum absolute atomic E-state index is 12.3. The number of aryl methyl sites for hydroxylation is 1. The Labute approximate surface area is 124 Å². The van der Waals surface area contributed by atoms with E-state index < -0.39 is 0 Å². The van der Waals surface area contributed by atoms with Gasteiger partial charge >= 0.3 is 0 Å². The molecular formula is C17H19NO3. The van der Waals surface area contributed by atoms with Crippen LogP contribution in [0.25, 0.3) is 0 Å². The Morgan fingerprint density at radius 2 is 2.10 bits per heavy atom. The highest BCUT2D eigenvalue weighted by Crippen LogP contribution is 2.15. The first-order valence-electron chi connectivity index (χ1n) is 7.30. The van der Waals surface area contributed by atoms with Crippen molar-refractivity contribution in [3.05, 3.63) is 60.1 Å². The lowest BCUT2D eigenvalue weighted by atomic mass is 10.1. The van der Waals surface area contributed by atoms with Gasteiger partial charge in [0.05, 0.1) is 24.5 Å². The van der Waals surface area contributed by atoms with Crippen LogP contribution in [0.1, 0.15) is 22.3 Å². The molecule has 1 fully saturated rings. The Morgan fingerprint density at radius 3 is 2.86 bits per heavy atom. The molecule has 1 saturated heterocycles. The molecule has 0 unspecified atom stereocenters. The standard InChI is InChI=1S/C17H19NO3/c19-17(15-8-10-20-13-15)18-9-11-21-16(12-18)7-6-14-4-2-1-3-5-14/h1-5,8,10,13,16H,6-7,9,11-12H2/t16-/m1/s1. The van der Waals surface area contributed by atoms with Gasteiger partial charge in [-0.25, -0.2) is 0 Å². The highest BCUT2D eigenvalue weighted by molar-refractivity contribution is 5.93. The first-order valence-corrected chi connectivity index (χ1v) is 7.30. The zero-order valence-corrected chi connectivity index (χ0v) is 11.9. The third kappa shape index (κ3) is 3.52. The number of carbonyl (C=O) groups is 1. The number of rotatable bonds is 4. The molecule has 1 aromatic heterocycles. The molecule has 1 aliphatic heterocycles. The molecule has 1 atom stereocenters. The van der Waals surface area contributed by atoms with Crippen LogP contribution in [0.4, 0.5) is 0 Å². The minimum Gasteiger partial charge on any atom is -0.472 e. The van der Waals surface area contributed by atoms with Crippen LogP contribution in [0.3, 0.4) is 0 Å². The van der Waals surface area contributed by atoms with Crippen LogP contribution >= 0.6 is 0 Å². The van der Waals surface area contributed by atoms with Gasteiger partial charge in [0.25, 0.3) is 5.91 Å². The Hall–Kier alpha value is -2.07. The maximum atomic E-state index is 12.3. The third-order valence-corrected chi connectivity index (χ3v) is 3.79. The van der Waals surface area contributed by atoms with E-state index in [1.165, 1.54) is 18.1 Å². The van der Waals surface area contributed by atoms with Crippen molar-refractivity contribution >= 4 is 5.91 Å². The molecule has 1 aliphatic rings. The van der Waals surface area contributed by atoms with Gasteiger partial charge in [0.1, 0.15) is 6.26 Å². The molecular weight excluding hydrogens is 266 g/mol. The second-order valence-corrected chi connectivity index (χ2v) is 5.28. The van der Waals surface area contributed by atoms with Crippen molar-refractivity contribution in [3.8, 4) is 0 Å². The number of carbonyl (C=O) groups excluding carboxylic acids is 1. The smallest absolute Gasteiger partial charge is 0.257 e. The molecule has 0 spiro atoms. The molecule has 2 aromatic rings. The fourth-order valence-electron chi connectivity index (χ4n) is 2.62. The van der Waals surface area contributed by atoms with E-state index in [0.717, 1.165) is 12.8 Å². The molecule has 1 aromatic carbocycles. The van der Waals surface area contributed by atoms with E-state index in [1.54, 1.807) is 6.07 Å². The molecule has 21 heavy (non-hydrogen) atoms. The van der Waals surface area contributed by atoms with Gasteiger partial charge < -0.3 is 14.1 Å². The Morgan fingerprint density at radius 1 is 1.24 bits per heavy atom. The van der Waals surface area contributed by atoms with E-state index in [2.05, 4.69) is 12.1 Å². The summed E-state index contributed by atoms with van der Waals surface area (Å²) in [7, 11) is 0. The van der Waals surface area contributed by atoms with Gasteiger partial charge in [0.2, 0.25) is 0 Å². The summed E-state index contributed by atoms with van der Waals surface area (Å²) in [6.07, 6.45) is 5.03. The number of amides is 1. The lowest BCUT2D eigenvalue weighted by molar-refractivity contribution is -0.0246. The van der Waals surface area contributed by atoms with Crippen LogP contribution in [0.2, 0.25) is 0 Å². The second-order valence-electron chi connectivity index (χ2n) is 5.28. The summed E-state index contributed by atoms with van der Waals surface area (Å²) in [5, 5.41) is 0. The highest BCUT2D eigenvalue weighted by atomic mass is 16.5. The van der Waals surface area contributed by atoms with Gasteiger partial charge in [-0.3, -0.25) is 4.79 Å². The molecule has 110 valence electrons. The van der Waals surface area contributed by atoms with E-state index >= 15 is 0 Å². The Kier molecular flexibility index (Phi) is 4.36. The van der Waals surface area contributed by atoms with E-state index in [0.29, 0.717) is 25.3 Å². The molecule has 4 heteroatoms. The first-order chi connectivity index (χ1) is 10.3. The van der Waals surface area contributed by atoms with Crippen LogP contribution in [0.5, 0.6) is 0 Å². The average molecular weight is 285 g/mol. The number of morpholine rings is 1. The minimum absolute atomic E-state index is 0.0248. The molecule has 0 radical (unpaired) electrons. The van der Waals surface area contributed by atoms with Crippen LogP contribution in [-0.2, 0) is 11.2 Å². The largest absolute Gasteiger partial charge is 0.472 e. The minimum atomic E-state index is 0.0248. The average Bonchev–Trinajstić information content (AvgIpc) is 3.08. The van der Waals surface area contributed by atoms with Crippen molar-refractivity contribution in [2.75, 3.05) is 19.7 Å². The number of ether oxygens (including phenoxy) is 1. The lowest BCUT2D eigenvalue weighted by Gasteiger charge is -2.32.